The molecule has 1 aromatic rings. The highest BCUT2D eigenvalue weighted by atomic mass is 28.4. The van der Waals surface area contributed by atoms with Gasteiger partial charge in [-0.1, -0.05) is 41.5 Å². The molecule has 1 fully saturated rings. The summed E-state index contributed by atoms with van der Waals surface area (Å²) in [7, 11) is -4.53. The Morgan fingerprint density at radius 3 is 1.89 bits per heavy atom. The lowest BCUT2D eigenvalue weighted by Gasteiger charge is -2.43. The number of likely N-dealkylation sites (tertiary alicyclic amines) is 1. The van der Waals surface area contributed by atoms with Crippen molar-refractivity contribution in [3.05, 3.63) is 24.0 Å². The monoisotopic (exact) mass is 552 g/mol. The van der Waals surface area contributed by atoms with Crippen LogP contribution in [0.2, 0.25) is 36.3 Å². The predicted octanol–water partition coefficient (Wildman–Crippen LogP) is 6.08. The van der Waals surface area contributed by atoms with Gasteiger partial charge in [-0.05, 0) is 63.1 Å². The second-order valence-corrected chi connectivity index (χ2v) is 23.6. The Hall–Kier alpha value is -1.76. The highest BCUT2D eigenvalue weighted by Gasteiger charge is 2.52. The van der Waals surface area contributed by atoms with Crippen molar-refractivity contribution in [2.75, 3.05) is 6.54 Å². The molecule has 0 aromatic carbocycles. The number of carbonyl (C=O) groups excluding carboxylic acids is 3. The molecule has 0 bridgehead atoms. The fraction of sp³-hybridized carbons (Fsp3) is 0.741. The van der Waals surface area contributed by atoms with Gasteiger partial charge in [0.05, 0.1) is 17.8 Å². The van der Waals surface area contributed by atoms with E-state index in [-0.39, 0.29) is 22.5 Å². The molecule has 0 radical (unpaired) electrons. The van der Waals surface area contributed by atoms with Gasteiger partial charge in [0.15, 0.2) is 16.6 Å². The molecule has 1 amide bonds. The Kier molecular flexibility index (Phi) is 8.87. The maximum Gasteiger partial charge on any atom is 0.418 e. The summed E-state index contributed by atoms with van der Waals surface area (Å²) in [6, 6.07) is 0.779. The first-order valence-corrected chi connectivity index (χ1v) is 18.9. The van der Waals surface area contributed by atoms with Gasteiger partial charge < -0.3 is 23.3 Å². The van der Waals surface area contributed by atoms with Crippen LogP contribution in [0.5, 0.6) is 0 Å². The van der Waals surface area contributed by atoms with Crippen LogP contribution >= 0.6 is 0 Å². The van der Waals surface area contributed by atoms with E-state index in [9.17, 15) is 14.4 Å². The second-order valence-electron chi connectivity index (χ2n) is 14.1. The topological polar surface area (TPSA) is 87.1 Å². The minimum atomic E-state index is -2.30. The quantitative estimate of drug-likeness (QED) is 0.314. The highest BCUT2D eigenvalue weighted by Crippen LogP contribution is 2.42. The molecule has 1 saturated heterocycles. The Morgan fingerprint density at radius 2 is 1.43 bits per heavy atom. The summed E-state index contributed by atoms with van der Waals surface area (Å²) >= 11 is 0. The molecule has 3 atom stereocenters. The van der Waals surface area contributed by atoms with Crippen LogP contribution in [0.4, 0.5) is 4.79 Å². The van der Waals surface area contributed by atoms with Crippen LogP contribution < -0.4 is 0 Å². The van der Waals surface area contributed by atoms with Crippen molar-refractivity contribution in [2.24, 2.45) is 0 Å². The first-order chi connectivity index (χ1) is 16.5. The van der Waals surface area contributed by atoms with E-state index in [0.717, 1.165) is 6.29 Å². The molecular formula is C27H48N2O6Si2. The average Bonchev–Trinajstić information content (AvgIpc) is 3.30. The van der Waals surface area contributed by atoms with Gasteiger partial charge in [0, 0.05) is 18.9 Å². The fourth-order valence-electron chi connectivity index (χ4n) is 3.63. The van der Waals surface area contributed by atoms with Gasteiger partial charge in [-0.25, -0.2) is 4.79 Å². The van der Waals surface area contributed by atoms with E-state index in [1.807, 2.05) is 0 Å². The van der Waals surface area contributed by atoms with Gasteiger partial charge in [0.25, 0.3) is 5.91 Å². The smallest absolute Gasteiger partial charge is 0.418 e. The summed E-state index contributed by atoms with van der Waals surface area (Å²) in [5.41, 5.74) is -0.358. The zero-order valence-electron chi connectivity index (χ0n) is 25.1. The van der Waals surface area contributed by atoms with Crippen molar-refractivity contribution < 1.29 is 28.0 Å². The third-order valence-corrected chi connectivity index (χ3v) is 16.9. The van der Waals surface area contributed by atoms with Gasteiger partial charge >= 0.3 is 6.09 Å². The van der Waals surface area contributed by atoms with Crippen LogP contribution in [0.15, 0.2) is 18.5 Å². The number of hydrogen-bond acceptors (Lipinski definition) is 6. The van der Waals surface area contributed by atoms with Crippen LogP contribution in [-0.2, 0) is 18.4 Å². The van der Waals surface area contributed by atoms with E-state index in [4.69, 9.17) is 13.6 Å². The number of amides is 1. The zero-order valence-corrected chi connectivity index (χ0v) is 27.1. The van der Waals surface area contributed by atoms with Crippen LogP contribution in [0.1, 0.15) is 72.7 Å². The molecule has 0 unspecified atom stereocenters. The molecule has 0 saturated carbocycles. The Balaban J connectivity index is 2.43. The molecule has 8 nitrogen and oxygen atoms in total. The number of nitrogens with zero attached hydrogens (tertiary/aromatic N) is 2. The molecule has 1 aliphatic rings. The van der Waals surface area contributed by atoms with Crippen LogP contribution in [0, 0.1) is 0 Å². The van der Waals surface area contributed by atoms with Gasteiger partial charge in [0.2, 0.25) is 0 Å². The summed E-state index contributed by atoms with van der Waals surface area (Å²) in [5.74, 6) is -0.343. The number of carbonyl (C=O) groups is 3. The first-order valence-electron chi connectivity index (χ1n) is 13.0. The third-order valence-electron chi connectivity index (χ3n) is 7.87. The zero-order chi connectivity index (χ0) is 28.8. The lowest BCUT2D eigenvalue weighted by Crippen LogP contribution is -2.53. The van der Waals surface area contributed by atoms with Gasteiger partial charge in [0.1, 0.15) is 17.9 Å². The van der Waals surface area contributed by atoms with Gasteiger partial charge in [-0.2, -0.15) is 0 Å². The molecule has 210 valence electrons. The van der Waals surface area contributed by atoms with Crippen molar-refractivity contribution >= 4 is 34.9 Å². The normalized spacial score (nSPS) is 21.8. The van der Waals surface area contributed by atoms with E-state index in [0.29, 0.717) is 5.56 Å². The van der Waals surface area contributed by atoms with E-state index >= 15 is 0 Å². The summed E-state index contributed by atoms with van der Waals surface area (Å²) in [4.78, 5) is 40.2. The maximum absolute atomic E-state index is 13.7. The molecule has 0 N–H and O–H groups in total. The van der Waals surface area contributed by atoms with Crippen molar-refractivity contribution in [2.45, 2.75) is 122 Å². The van der Waals surface area contributed by atoms with Crippen molar-refractivity contribution in [1.82, 2.24) is 9.47 Å². The summed E-state index contributed by atoms with van der Waals surface area (Å²) in [6.45, 7) is 27.1. The molecule has 1 aliphatic heterocycles. The molecule has 1 aromatic heterocycles. The lowest BCUT2D eigenvalue weighted by atomic mass is 10.1. The van der Waals surface area contributed by atoms with Crippen molar-refractivity contribution in [3.63, 3.8) is 0 Å². The average molecular weight is 553 g/mol. The van der Waals surface area contributed by atoms with Crippen LogP contribution in [-0.4, -0.2) is 74.8 Å². The molecule has 0 aliphatic carbocycles. The summed E-state index contributed by atoms with van der Waals surface area (Å²) < 4.78 is 20.2. The van der Waals surface area contributed by atoms with E-state index in [2.05, 4.69) is 67.7 Å². The Bertz CT molecular complexity index is 998. The minimum Gasteiger partial charge on any atom is -0.443 e. The maximum atomic E-state index is 13.7. The minimum absolute atomic E-state index is 0.0483. The van der Waals surface area contributed by atoms with Gasteiger partial charge in [-0.3, -0.25) is 9.36 Å². The fourth-order valence-corrected chi connectivity index (χ4v) is 6.27. The lowest BCUT2D eigenvalue weighted by molar-refractivity contribution is -0.113. The predicted molar refractivity (Wildman–Crippen MR) is 151 cm³/mol. The summed E-state index contributed by atoms with van der Waals surface area (Å²) in [5, 5.41) is -0.128. The number of rotatable bonds is 6. The van der Waals surface area contributed by atoms with E-state index in [1.54, 1.807) is 26.8 Å². The number of ether oxygens (including phenoxy) is 1. The molecule has 2 heterocycles. The van der Waals surface area contributed by atoms with Crippen LogP contribution in [0.3, 0.4) is 0 Å². The molecule has 10 heteroatoms. The van der Waals surface area contributed by atoms with E-state index in [1.165, 1.54) is 21.9 Å². The molecule has 37 heavy (non-hydrogen) atoms. The highest BCUT2D eigenvalue weighted by molar-refractivity contribution is 6.74. The van der Waals surface area contributed by atoms with E-state index < -0.39 is 46.6 Å². The first kappa shape index (κ1) is 31.5. The second kappa shape index (κ2) is 10.4. The largest absolute Gasteiger partial charge is 0.443 e. The number of aromatic nitrogens is 1. The Morgan fingerprint density at radius 1 is 0.919 bits per heavy atom. The molecule has 0 spiro atoms. The molecule has 2 rings (SSSR count). The standard InChI is InChI=1S/C27H48N2O6Si2/c1-25(2,3)33-24(32)28-15-14-19(16-28)23(31)29-17-21(34-36(10,11)26(4,5)6)22(20(29)18-30)35-37(12,13)27(7,8)9/h14-16,18,20-22H,17H2,1-13H3/t20-,21+,22+/m1/s1. The van der Waals surface area contributed by atoms with Gasteiger partial charge in [-0.15, -0.1) is 0 Å². The number of hydrogen-bond donors (Lipinski definition) is 0. The van der Waals surface area contributed by atoms with Crippen molar-refractivity contribution in [1.29, 1.82) is 0 Å². The molecular weight excluding hydrogens is 504 g/mol. The third kappa shape index (κ3) is 7.22. The summed E-state index contributed by atoms with van der Waals surface area (Å²) in [6.07, 6.45) is 2.18. The SMILES string of the molecule is CC(C)(C)OC(=O)n1ccc(C(=O)N2C[C@H](O[Si](C)(C)C(C)(C)C)[C@@H](O[Si](C)(C)C(C)(C)C)[C@H]2C=O)c1. The van der Waals surface area contributed by atoms with Crippen molar-refractivity contribution in [3.8, 4) is 0 Å². The van der Waals surface area contributed by atoms with Crippen LogP contribution in [0.25, 0.3) is 0 Å². The number of aldehydes is 1. The Labute approximate surface area is 225 Å².